The van der Waals surface area contributed by atoms with Crippen LogP contribution in [-0.4, -0.2) is 35.3 Å². The third-order valence-corrected chi connectivity index (χ3v) is 3.55. The molecule has 1 atom stereocenters. The Hall–Kier alpha value is -1.79. The molecular weight excluding hydrogens is 273 g/mol. The number of aromatic nitrogens is 2. The summed E-state index contributed by atoms with van der Waals surface area (Å²) < 4.78 is 23.5. The third-order valence-electron chi connectivity index (χ3n) is 3.55. The van der Waals surface area contributed by atoms with Gasteiger partial charge in [0.25, 0.3) is 0 Å². The van der Waals surface area contributed by atoms with Crippen molar-refractivity contribution in [3.05, 3.63) is 47.4 Å². The molecule has 2 heterocycles. The summed E-state index contributed by atoms with van der Waals surface area (Å²) in [5.41, 5.74) is 1.04. The fourth-order valence-corrected chi connectivity index (χ4v) is 2.42. The van der Waals surface area contributed by atoms with Gasteiger partial charge in [-0.2, -0.15) is 4.98 Å². The van der Waals surface area contributed by atoms with Crippen LogP contribution in [-0.2, 0) is 17.8 Å². The summed E-state index contributed by atoms with van der Waals surface area (Å²) in [6.07, 6.45) is 0.949. The van der Waals surface area contributed by atoms with E-state index in [0.717, 1.165) is 24.4 Å². The highest BCUT2D eigenvalue weighted by Gasteiger charge is 2.23. The Labute approximate surface area is 122 Å². The van der Waals surface area contributed by atoms with E-state index in [-0.39, 0.29) is 11.7 Å². The highest BCUT2D eigenvalue weighted by atomic mass is 19.1. The Morgan fingerprint density at radius 2 is 2.10 bits per heavy atom. The standard InChI is InChI=1S/C15H18FN3O2/c1-19(8-11-2-4-13(16)5-3-11)9-14-17-15(18-21-14)12-6-7-20-10-12/h2-5,12H,6-10H2,1H3/t12-/m1/s1. The van der Waals surface area contributed by atoms with E-state index in [0.29, 0.717) is 25.6 Å². The van der Waals surface area contributed by atoms with Gasteiger partial charge in [-0.3, -0.25) is 4.90 Å². The first-order valence-corrected chi connectivity index (χ1v) is 7.04. The predicted molar refractivity (Wildman–Crippen MR) is 74.0 cm³/mol. The molecule has 2 aromatic rings. The Bertz CT molecular complexity index is 579. The zero-order valence-electron chi connectivity index (χ0n) is 12.0. The average Bonchev–Trinajstić information content (AvgIpc) is 3.12. The van der Waals surface area contributed by atoms with Crippen LogP contribution in [0.15, 0.2) is 28.8 Å². The molecule has 1 aliphatic heterocycles. The van der Waals surface area contributed by atoms with Crippen molar-refractivity contribution in [3.63, 3.8) is 0 Å². The maximum absolute atomic E-state index is 12.9. The quantitative estimate of drug-likeness (QED) is 0.846. The molecule has 5 nitrogen and oxygen atoms in total. The lowest BCUT2D eigenvalue weighted by Gasteiger charge is -2.13. The highest BCUT2D eigenvalue weighted by molar-refractivity contribution is 5.15. The largest absolute Gasteiger partial charge is 0.381 e. The Balaban J connectivity index is 1.56. The molecule has 0 N–H and O–H groups in total. The monoisotopic (exact) mass is 291 g/mol. The minimum atomic E-state index is -0.221. The first-order chi connectivity index (χ1) is 10.2. The van der Waals surface area contributed by atoms with Crippen molar-refractivity contribution in [3.8, 4) is 0 Å². The molecule has 1 fully saturated rings. The Kier molecular flexibility index (Phi) is 4.26. The van der Waals surface area contributed by atoms with Gasteiger partial charge in [-0.15, -0.1) is 0 Å². The smallest absolute Gasteiger partial charge is 0.240 e. The number of hydrogen-bond donors (Lipinski definition) is 0. The van der Waals surface area contributed by atoms with Crippen LogP contribution in [0.4, 0.5) is 4.39 Å². The van der Waals surface area contributed by atoms with Crippen molar-refractivity contribution in [1.29, 1.82) is 0 Å². The number of benzene rings is 1. The molecule has 1 saturated heterocycles. The molecule has 6 heteroatoms. The van der Waals surface area contributed by atoms with E-state index < -0.39 is 0 Å². The van der Waals surface area contributed by atoms with Gasteiger partial charge in [0.15, 0.2) is 5.82 Å². The minimum absolute atomic E-state index is 0.221. The molecule has 0 aliphatic carbocycles. The van der Waals surface area contributed by atoms with Crippen LogP contribution in [0.1, 0.15) is 29.6 Å². The first-order valence-electron chi connectivity index (χ1n) is 7.04. The molecular formula is C15H18FN3O2. The second-order valence-corrected chi connectivity index (χ2v) is 5.41. The van der Waals surface area contributed by atoms with Crippen LogP contribution < -0.4 is 0 Å². The lowest BCUT2D eigenvalue weighted by atomic mass is 10.1. The number of halogens is 1. The molecule has 1 aromatic carbocycles. The number of ether oxygens (including phenoxy) is 1. The van der Waals surface area contributed by atoms with Gasteiger partial charge >= 0.3 is 0 Å². The summed E-state index contributed by atoms with van der Waals surface area (Å²) >= 11 is 0. The second-order valence-electron chi connectivity index (χ2n) is 5.41. The SMILES string of the molecule is CN(Cc1ccc(F)cc1)Cc1nc([C@@H]2CCOC2)no1. The second kappa shape index (κ2) is 6.32. The Morgan fingerprint density at radius 1 is 1.29 bits per heavy atom. The predicted octanol–water partition coefficient (Wildman–Crippen LogP) is 2.34. The summed E-state index contributed by atoms with van der Waals surface area (Å²) in [6, 6.07) is 6.49. The van der Waals surface area contributed by atoms with E-state index in [1.165, 1.54) is 12.1 Å². The van der Waals surface area contributed by atoms with Gasteiger partial charge in [0.1, 0.15) is 5.82 Å². The summed E-state index contributed by atoms with van der Waals surface area (Å²) in [6.45, 7) is 2.70. The number of nitrogens with zero attached hydrogens (tertiary/aromatic N) is 3. The van der Waals surface area contributed by atoms with Crippen LogP contribution in [0.3, 0.4) is 0 Å². The van der Waals surface area contributed by atoms with Gasteiger partial charge in [0.05, 0.1) is 13.2 Å². The average molecular weight is 291 g/mol. The van der Waals surface area contributed by atoms with Crippen LogP contribution >= 0.6 is 0 Å². The van der Waals surface area contributed by atoms with Crippen LogP contribution in [0.5, 0.6) is 0 Å². The molecule has 0 spiro atoms. The van der Waals surface area contributed by atoms with Gasteiger partial charge in [-0.1, -0.05) is 17.3 Å². The lowest BCUT2D eigenvalue weighted by molar-refractivity contribution is 0.192. The Morgan fingerprint density at radius 3 is 2.81 bits per heavy atom. The third kappa shape index (κ3) is 3.65. The molecule has 0 bridgehead atoms. The molecule has 112 valence electrons. The van der Waals surface area contributed by atoms with Gasteiger partial charge < -0.3 is 9.26 Å². The molecule has 21 heavy (non-hydrogen) atoms. The van der Waals surface area contributed by atoms with Crippen molar-refractivity contribution >= 4 is 0 Å². The van der Waals surface area contributed by atoms with Crippen molar-refractivity contribution in [2.24, 2.45) is 0 Å². The van der Waals surface area contributed by atoms with E-state index in [2.05, 4.69) is 15.0 Å². The molecule has 3 rings (SSSR count). The molecule has 1 aliphatic rings. The summed E-state index contributed by atoms with van der Waals surface area (Å²) in [5.74, 6) is 1.37. The number of hydrogen-bond acceptors (Lipinski definition) is 5. The van der Waals surface area contributed by atoms with Gasteiger partial charge in [-0.25, -0.2) is 4.39 Å². The minimum Gasteiger partial charge on any atom is -0.381 e. The van der Waals surface area contributed by atoms with Crippen LogP contribution in [0, 0.1) is 5.82 Å². The topological polar surface area (TPSA) is 51.4 Å². The van der Waals surface area contributed by atoms with Gasteiger partial charge in [0, 0.05) is 19.1 Å². The lowest BCUT2D eigenvalue weighted by Crippen LogP contribution is -2.17. The van der Waals surface area contributed by atoms with Crippen molar-refractivity contribution in [2.45, 2.75) is 25.4 Å². The van der Waals surface area contributed by atoms with E-state index in [1.54, 1.807) is 12.1 Å². The van der Waals surface area contributed by atoms with Crippen molar-refractivity contribution < 1.29 is 13.7 Å². The highest BCUT2D eigenvalue weighted by Crippen LogP contribution is 2.22. The zero-order chi connectivity index (χ0) is 14.7. The molecule has 0 radical (unpaired) electrons. The fourth-order valence-electron chi connectivity index (χ4n) is 2.42. The summed E-state index contributed by atoms with van der Waals surface area (Å²) in [5, 5.41) is 4.03. The van der Waals surface area contributed by atoms with Crippen molar-refractivity contribution in [1.82, 2.24) is 15.0 Å². The normalized spacial score (nSPS) is 18.5. The van der Waals surface area contributed by atoms with Crippen LogP contribution in [0.2, 0.25) is 0 Å². The van der Waals surface area contributed by atoms with E-state index >= 15 is 0 Å². The summed E-state index contributed by atoms with van der Waals surface area (Å²) in [7, 11) is 1.96. The fraction of sp³-hybridized carbons (Fsp3) is 0.467. The van der Waals surface area contributed by atoms with E-state index in [9.17, 15) is 4.39 Å². The maximum atomic E-state index is 12.9. The molecule has 1 aromatic heterocycles. The summed E-state index contributed by atoms with van der Waals surface area (Å²) in [4.78, 5) is 6.48. The zero-order valence-corrected chi connectivity index (χ0v) is 12.0. The van der Waals surface area contributed by atoms with E-state index in [4.69, 9.17) is 9.26 Å². The number of rotatable bonds is 5. The molecule has 0 unspecified atom stereocenters. The van der Waals surface area contributed by atoms with Gasteiger partial charge in [-0.05, 0) is 31.2 Å². The molecule has 0 amide bonds. The first kappa shape index (κ1) is 14.2. The molecule has 0 saturated carbocycles. The van der Waals surface area contributed by atoms with E-state index in [1.807, 2.05) is 7.05 Å². The van der Waals surface area contributed by atoms with Crippen LogP contribution in [0.25, 0.3) is 0 Å². The van der Waals surface area contributed by atoms with Gasteiger partial charge in [0.2, 0.25) is 5.89 Å². The van der Waals surface area contributed by atoms with Crippen molar-refractivity contribution in [2.75, 3.05) is 20.3 Å². The maximum Gasteiger partial charge on any atom is 0.240 e.